The SMILES string of the molecule is C.C=CC.F[B-](F)(F)F.F[B-](F)(F)F.F[B-](F)(F)F.[KH]. The third-order valence-electron chi connectivity index (χ3n) is 0. The Bertz CT molecular complexity index is 138. The molecule has 0 unspecified atom stereocenters. The first-order chi connectivity index (χ1) is 7.41. The fourth-order valence-corrected chi connectivity index (χ4v) is 0. The zero-order chi connectivity index (χ0) is 16.2. The van der Waals surface area contributed by atoms with Crippen LogP contribution in [0.4, 0.5) is 51.8 Å². The van der Waals surface area contributed by atoms with Crippen molar-refractivity contribution in [2.45, 2.75) is 14.4 Å². The molecular formula is C4H11B3F12K-3. The van der Waals surface area contributed by atoms with E-state index in [4.69, 9.17) is 0 Å². The normalized spacial score (nSPS) is 9.65. The minimum atomic E-state index is -6.00. The molecule has 0 saturated heterocycles. The van der Waals surface area contributed by atoms with Crippen LogP contribution in [0, 0.1) is 0 Å². The summed E-state index contributed by atoms with van der Waals surface area (Å²) in [7, 11) is -18.0. The predicted molar refractivity (Wildman–Crippen MR) is 60.3 cm³/mol. The van der Waals surface area contributed by atoms with E-state index in [1.54, 1.807) is 6.08 Å². The Morgan fingerprint density at radius 3 is 0.600 bits per heavy atom. The molecule has 0 atom stereocenters. The molecule has 0 radical (unpaired) electrons. The Labute approximate surface area is 151 Å². The summed E-state index contributed by atoms with van der Waals surface area (Å²) in [6, 6.07) is 0. The molecular weight excluding hydrogens is 348 g/mol. The summed E-state index contributed by atoms with van der Waals surface area (Å²) in [6.07, 6.45) is 1.75. The fourth-order valence-electron chi connectivity index (χ4n) is 0. The summed E-state index contributed by atoms with van der Waals surface area (Å²) >= 11 is 0. The van der Waals surface area contributed by atoms with Gasteiger partial charge in [0.1, 0.15) is 0 Å². The van der Waals surface area contributed by atoms with E-state index >= 15 is 0 Å². The second-order valence-corrected chi connectivity index (χ2v) is 1.89. The van der Waals surface area contributed by atoms with Crippen LogP contribution in [0.5, 0.6) is 0 Å². The van der Waals surface area contributed by atoms with Crippen molar-refractivity contribution in [2.24, 2.45) is 0 Å². The molecule has 0 N–H and O–H groups in total. The molecule has 0 aromatic heterocycles. The average Bonchev–Trinajstić information content (AvgIpc) is 1.71. The first-order valence-electron chi connectivity index (χ1n) is 3.60. The second kappa shape index (κ2) is 17.8. The van der Waals surface area contributed by atoms with Gasteiger partial charge in [-0.15, -0.1) is 6.58 Å². The van der Waals surface area contributed by atoms with E-state index in [-0.39, 0.29) is 58.8 Å². The van der Waals surface area contributed by atoms with Crippen molar-refractivity contribution in [2.75, 3.05) is 0 Å². The number of hydrogen-bond acceptors (Lipinski definition) is 0. The summed E-state index contributed by atoms with van der Waals surface area (Å²) < 4.78 is 117. The van der Waals surface area contributed by atoms with Crippen molar-refractivity contribution in [1.82, 2.24) is 0 Å². The first-order valence-corrected chi connectivity index (χ1v) is 3.60. The molecule has 0 aliphatic carbocycles. The van der Waals surface area contributed by atoms with Gasteiger partial charge in [-0.25, -0.2) is 0 Å². The molecule has 0 aliphatic rings. The van der Waals surface area contributed by atoms with Gasteiger partial charge in [0.25, 0.3) is 0 Å². The van der Waals surface area contributed by atoms with Crippen LogP contribution >= 0.6 is 0 Å². The zero-order valence-electron chi connectivity index (χ0n) is 8.55. The van der Waals surface area contributed by atoms with Crippen molar-refractivity contribution in [1.29, 1.82) is 0 Å². The summed E-state index contributed by atoms with van der Waals surface area (Å²) in [4.78, 5) is 0. The molecule has 0 amide bonds. The Morgan fingerprint density at radius 1 is 0.600 bits per heavy atom. The average molecular weight is 359 g/mol. The molecule has 0 rings (SSSR count). The molecule has 20 heavy (non-hydrogen) atoms. The summed E-state index contributed by atoms with van der Waals surface area (Å²) in [6.45, 7) is 5.25. The van der Waals surface area contributed by atoms with Gasteiger partial charge in [-0.1, -0.05) is 13.5 Å². The molecule has 0 aromatic rings. The molecule has 0 aliphatic heterocycles. The van der Waals surface area contributed by atoms with Crippen molar-refractivity contribution < 1.29 is 51.8 Å². The van der Waals surface area contributed by atoms with Crippen LogP contribution in [-0.4, -0.2) is 73.1 Å². The van der Waals surface area contributed by atoms with Gasteiger partial charge in [0.05, 0.1) is 0 Å². The van der Waals surface area contributed by atoms with Crippen LogP contribution in [-0.2, 0) is 0 Å². The number of allylic oxidation sites excluding steroid dienone is 1. The van der Waals surface area contributed by atoms with Crippen LogP contribution in [0.25, 0.3) is 0 Å². The molecule has 0 fully saturated rings. The van der Waals surface area contributed by atoms with Crippen molar-refractivity contribution >= 4 is 73.1 Å². The predicted octanol–water partition coefficient (Wildman–Crippen LogP) is 5.08. The minimum absolute atomic E-state index is 0. The number of rotatable bonds is 0. The molecule has 16 heteroatoms. The molecule has 124 valence electrons. The molecule has 0 aromatic carbocycles. The van der Waals surface area contributed by atoms with Gasteiger partial charge in [-0.05, 0) is 6.92 Å². The molecule has 0 spiro atoms. The topological polar surface area (TPSA) is 0 Å². The van der Waals surface area contributed by atoms with Crippen LogP contribution < -0.4 is 0 Å². The van der Waals surface area contributed by atoms with E-state index in [1.807, 2.05) is 6.92 Å². The Kier molecular flexibility index (Phi) is 33.1. The van der Waals surface area contributed by atoms with Gasteiger partial charge >= 0.3 is 73.1 Å². The first kappa shape index (κ1) is 37.2. The Balaban J connectivity index is -0.0000000321. The third-order valence-corrected chi connectivity index (χ3v) is 0. The van der Waals surface area contributed by atoms with Gasteiger partial charge < -0.3 is 51.8 Å². The van der Waals surface area contributed by atoms with E-state index in [1.165, 1.54) is 0 Å². The summed E-state index contributed by atoms with van der Waals surface area (Å²) in [5.74, 6) is 0. The number of halogens is 12. The Morgan fingerprint density at radius 2 is 0.600 bits per heavy atom. The van der Waals surface area contributed by atoms with Crippen LogP contribution in [0.15, 0.2) is 12.7 Å². The molecule has 0 saturated carbocycles. The van der Waals surface area contributed by atoms with Crippen LogP contribution in [0.3, 0.4) is 0 Å². The molecule has 0 bridgehead atoms. The van der Waals surface area contributed by atoms with E-state index in [9.17, 15) is 51.8 Å². The standard InChI is InChI=1S/C3H6.CH4.3BF4.K.H/c1-3-2;;3*2-1(3,4)5;;/h3H,1H2,2H3;1H4;;;;;/q;;3*-1;;. The van der Waals surface area contributed by atoms with Crippen molar-refractivity contribution in [3.63, 3.8) is 0 Å². The van der Waals surface area contributed by atoms with Crippen molar-refractivity contribution in [3.8, 4) is 0 Å². The van der Waals surface area contributed by atoms with Gasteiger partial charge in [-0.3, -0.25) is 0 Å². The third kappa shape index (κ3) is 11000. The van der Waals surface area contributed by atoms with E-state index < -0.39 is 21.8 Å². The van der Waals surface area contributed by atoms with Gasteiger partial charge in [0, 0.05) is 0 Å². The fraction of sp³-hybridized carbons (Fsp3) is 0.500. The molecule has 0 nitrogen and oxygen atoms in total. The molecule has 0 heterocycles. The number of hydrogen-bond donors (Lipinski definition) is 0. The van der Waals surface area contributed by atoms with Gasteiger partial charge in [-0.2, -0.15) is 0 Å². The van der Waals surface area contributed by atoms with Gasteiger partial charge in [0.15, 0.2) is 0 Å². The van der Waals surface area contributed by atoms with Crippen molar-refractivity contribution in [3.05, 3.63) is 12.7 Å². The quantitative estimate of drug-likeness (QED) is 0.322. The maximum atomic E-state index is 9.75. The van der Waals surface area contributed by atoms with Crippen LogP contribution in [0.2, 0.25) is 0 Å². The second-order valence-electron chi connectivity index (χ2n) is 1.89. The van der Waals surface area contributed by atoms with E-state index in [0.717, 1.165) is 0 Å². The van der Waals surface area contributed by atoms with E-state index in [2.05, 4.69) is 6.58 Å². The zero-order valence-corrected chi connectivity index (χ0v) is 8.55. The monoisotopic (exact) mass is 359 g/mol. The Hall–Kier alpha value is 0.731. The summed E-state index contributed by atoms with van der Waals surface area (Å²) in [5.41, 5.74) is 0. The summed E-state index contributed by atoms with van der Waals surface area (Å²) in [5, 5.41) is 0. The van der Waals surface area contributed by atoms with Gasteiger partial charge in [0.2, 0.25) is 0 Å². The van der Waals surface area contributed by atoms with Crippen LogP contribution in [0.1, 0.15) is 14.4 Å². The van der Waals surface area contributed by atoms with E-state index in [0.29, 0.717) is 0 Å². The maximum absolute atomic E-state index is 9.75.